The van der Waals surface area contributed by atoms with Gasteiger partial charge in [-0.1, -0.05) is 12.1 Å². The van der Waals surface area contributed by atoms with Crippen LogP contribution >= 0.6 is 0 Å². The lowest BCUT2D eigenvalue weighted by molar-refractivity contribution is 0.0495. The molecule has 1 aromatic carbocycles. The number of hydrogen-bond donors (Lipinski definition) is 2. The van der Waals surface area contributed by atoms with E-state index in [2.05, 4.69) is 15.0 Å². The maximum absolute atomic E-state index is 12.7. The summed E-state index contributed by atoms with van der Waals surface area (Å²) in [5, 5.41) is 5.15. The molecule has 0 unspecified atom stereocenters. The van der Waals surface area contributed by atoms with E-state index in [-0.39, 0.29) is 11.5 Å². The van der Waals surface area contributed by atoms with Crippen LogP contribution in [0.4, 0.5) is 5.82 Å². The zero-order chi connectivity index (χ0) is 24.5. The van der Waals surface area contributed by atoms with E-state index in [1.54, 1.807) is 24.5 Å². The molecule has 0 aliphatic rings. The number of aromatic nitrogens is 5. The highest BCUT2D eigenvalue weighted by Gasteiger charge is 2.17. The molecule has 0 aliphatic heterocycles. The lowest BCUT2D eigenvalue weighted by atomic mass is 10.2. The van der Waals surface area contributed by atoms with Gasteiger partial charge in [-0.3, -0.25) is 0 Å². The second-order valence-electron chi connectivity index (χ2n) is 7.92. The molecule has 0 saturated heterocycles. The summed E-state index contributed by atoms with van der Waals surface area (Å²) in [6.07, 6.45) is 3.61. The fourth-order valence-corrected chi connectivity index (χ4v) is 4.27. The van der Waals surface area contributed by atoms with E-state index in [0.29, 0.717) is 42.1 Å². The lowest BCUT2D eigenvalue weighted by Gasteiger charge is -2.11. The van der Waals surface area contributed by atoms with Crippen molar-refractivity contribution >= 4 is 33.0 Å². The van der Waals surface area contributed by atoms with Gasteiger partial charge in [-0.15, -0.1) is 0 Å². The Balaban J connectivity index is 1.37. The zero-order valence-corrected chi connectivity index (χ0v) is 19.6. The monoisotopic (exact) mass is 483 g/mol. The van der Waals surface area contributed by atoms with Crippen LogP contribution in [0.1, 0.15) is 33.7 Å². The second-order valence-corrected chi connectivity index (χ2v) is 9.48. The van der Waals surface area contributed by atoms with Crippen LogP contribution in [0.25, 0.3) is 11.2 Å². The van der Waals surface area contributed by atoms with E-state index in [9.17, 15) is 13.2 Å². The summed E-state index contributed by atoms with van der Waals surface area (Å²) in [4.78, 5) is 25.1. The predicted molar refractivity (Wildman–Crippen MR) is 125 cm³/mol. The molecule has 0 radical (unpaired) electrons. The number of fused-ring (bicyclic) bond motifs is 1. The van der Waals surface area contributed by atoms with E-state index in [0.717, 1.165) is 17.0 Å². The minimum atomic E-state index is -3.74. The van der Waals surface area contributed by atoms with Gasteiger partial charge in [0.15, 0.2) is 11.5 Å². The Morgan fingerprint density at radius 3 is 2.56 bits per heavy atom. The van der Waals surface area contributed by atoms with Gasteiger partial charge in [0.05, 0.1) is 23.4 Å². The molecule has 3 heterocycles. The van der Waals surface area contributed by atoms with Crippen molar-refractivity contribution in [2.45, 2.75) is 38.3 Å². The number of carbonyl (C=O) groups excluding carboxylic acids is 1. The van der Waals surface area contributed by atoms with Crippen LogP contribution in [0, 0.1) is 13.8 Å². The van der Waals surface area contributed by atoms with Crippen molar-refractivity contribution < 1.29 is 17.9 Å². The minimum Gasteiger partial charge on any atom is -0.462 e. The summed E-state index contributed by atoms with van der Waals surface area (Å²) in [5.41, 5.74) is 10.0. The van der Waals surface area contributed by atoms with Crippen LogP contribution in [0.5, 0.6) is 0 Å². The number of nitrogen functional groups attached to an aromatic ring is 1. The number of carbonyl (C=O) groups is 1. The summed E-state index contributed by atoms with van der Waals surface area (Å²) >= 11 is 0. The zero-order valence-electron chi connectivity index (χ0n) is 18.8. The van der Waals surface area contributed by atoms with Gasteiger partial charge >= 0.3 is 5.97 Å². The number of rotatable bonds is 8. The Hall–Kier alpha value is -3.77. The van der Waals surface area contributed by atoms with E-state index >= 15 is 0 Å². The highest BCUT2D eigenvalue weighted by Crippen LogP contribution is 2.19. The number of sulfonamides is 1. The topological polar surface area (TPSA) is 161 Å². The van der Waals surface area contributed by atoms with E-state index in [1.807, 2.05) is 23.0 Å². The molecule has 12 heteroatoms. The van der Waals surface area contributed by atoms with Crippen molar-refractivity contribution in [2.24, 2.45) is 5.14 Å². The van der Waals surface area contributed by atoms with E-state index in [4.69, 9.17) is 15.6 Å². The minimum absolute atomic E-state index is 0.0565. The van der Waals surface area contributed by atoms with E-state index < -0.39 is 16.0 Å². The third-order valence-corrected chi connectivity index (χ3v) is 6.52. The second kappa shape index (κ2) is 9.23. The average Bonchev–Trinajstić information content (AvgIpc) is 3.33. The summed E-state index contributed by atoms with van der Waals surface area (Å²) in [7, 11) is -3.74. The number of nitrogens with two attached hydrogens (primary N) is 2. The molecule has 4 N–H and O–H groups in total. The van der Waals surface area contributed by atoms with Gasteiger partial charge in [0.1, 0.15) is 11.8 Å². The SMILES string of the molecule is Cc1cc(C(=O)OCCCn2cnc3c(N)ncnc32)c(C)n1Cc1ccc(S(N)(=O)=O)cc1. The number of aryl methyl sites for hydroxylation is 2. The van der Waals surface area contributed by atoms with Crippen LogP contribution in [0.2, 0.25) is 0 Å². The molecule has 0 atom stereocenters. The van der Waals surface area contributed by atoms with Crippen molar-refractivity contribution in [3.05, 3.63) is 65.5 Å². The largest absolute Gasteiger partial charge is 0.462 e. The molecular weight excluding hydrogens is 458 g/mol. The lowest BCUT2D eigenvalue weighted by Crippen LogP contribution is -2.12. The molecule has 11 nitrogen and oxygen atoms in total. The van der Waals surface area contributed by atoms with Gasteiger partial charge < -0.3 is 19.6 Å². The van der Waals surface area contributed by atoms with Crippen molar-refractivity contribution in [1.29, 1.82) is 0 Å². The molecule has 0 fully saturated rings. The normalized spacial score (nSPS) is 11.7. The van der Waals surface area contributed by atoms with Crippen LogP contribution < -0.4 is 10.9 Å². The predicted octanol–water partition coefficient (Wildman–Crippen LogP) is 1.77. The first kappa shape index (κ1) is 23.4. The third-order valence-electron chi connectivity index (χ3n) is 5.59. The Kier molecular flexibility index (Phi) is 6.35. The van der Waals surface area contributed by atoms with Crippen LogP contribution in [-0.4, -0.2) is 45.1 Å². The Labute approximate surface area is 196 Å². The van der Waals surface area contributed by atoms with Crippen LogP contribution in [0.15, 0.2) is 47.9 Å². The smallest absolute Gasteiger partial charge is 0.339 e. The van der Waals surface area contributed by atoms with Gasteiger partial charge in [-0.25, -0.2) is 33.3 Å². The number of ether oxygens (including phenoxy) is 1. The highest BCUT2D eigenvalue weighted by atomic mass is 32.2. The maximum Gasteiger partial charge on any atom is 0.339 e. The molecule has 3 aromatic heterocycles. The molecule has 0 saturated carbocycles. The standard InChI is InChI=1S/C22H25N7O4S/c1-14-10-18(15(2)29(14)11-16-4-6-17(7-5-16)34(24,31)32)22(30)33-9-3-8-28-13-27-19-20(23)25-12-26-21(19)28/h4-7,10,12-13H,3,8-9,11H2,1-2H3,(H2,23,25,26)(H2,24,31,32). The summed E-state index contributed by atoms with van der Waals surface area (Å²) < 4.78 is 32.2. The fourth-order valence-electron chi connectivity index (χ4n) is 3.76. The van der Waals surface area contributed by atoms with Gasteiger partial charge in [0.2, 0.25) is 10.0 Å². The number of benzene rings is 1. The highest BCUT2D eigenvalue weighted by molar-refractivity contribution is 7.89. The van der Waals surface area contributed by atoms with Gasteiger partial charge in [-0.2, -0.15) is 0 Å². The van der Waals surface area contributed by atoms with Gasteiger partial charge in [-0.05, 0) is 44.0 Å². The van der Waals surface area contributed by atoms with E-state index in [1.165, 1.54) is 18.5 Å². The van der Waals surface area contributed by atoms with Crippen molar-refractivity contribution in [3.8, 4) is 0 Å². The molecule has 0 amide bonds. The first-order valence-corrected chi connectivity index (χ1v) is 12.1. The Morgan fingerprint density at radius 1 is 1.12 bits per heavy atom. The number of anilines is 1. The summed E-state index contributed by atoms with van der Waals surface area (Å²) in [5.74, 6) is -0.0723. The summed E-state index contributed by atoms with van der Waals surface area (Å²) in [6, 6.07) is 8.14. The molecule has 0 spiro atoms. The first-order chi connectivity index (χ1) is 16.1. The molecular formula is C22H25N7O4S. The number of nitrogens with zero attached hydrogens (tertiary/aromatic N) is 5. The van der Waals surface area contributed by atoms with Gasteiger partial charge in [0, 0.05) is 24.5 Å². The summed E-state index contributed by atoms with van der Waals surface area (Å²) in [6.45, 7) is 5.03. The fraction of sp³-hybridized carbons (Fsp3) is 0.273. The molecule has 34 heavy (non-hydrogen) atoms. The third kappa shape index (κ3) is 4.77. The van der Waals surface area contributed by atoms with Gasteiger partial charge in [0.25, 0.3) is 0 Å². The molecule has 4 aromatic rings. The van der Waals surface area contributed by atoms with Crippen molar-refractivity contribution in [1.82, 2.24) is 24.1 Å². The average molecular weight is 484 g/mol. The van der Waals surface area contributed by atoms with Crippen LogP contribution in [-0.2, 0) is 27.8 Å². The number of primary sulfonamides is 1. The quantitative estimate of drug-likeness (QED) is 0.283. The Morgan fingerprint density at radius 2 is 1.85 bits per heavy atom. The Bertz CT molecular complexity index is 1460. The molecule has 0 aliphatic carbocycles. The molecule has 178 valence electrons. The molecule has 0 bridgehead atoms. The number of hydrogen-bond acceptors (Lipinski definition) is 8. The van der Waals surface area contributed by atoms with Crippen molar-refractivity contribution in [2.75, 3.05) is 12.3 Å². The van der Waals surface area contributed by atoms with Crippen molar-refractivity contribution in [3.63, 3.8) is 0 Å². The maximum atomic E-state index is 12.7. The molecule has 4 rings (SSSR count). The van der Waals surface area contributed by atoms with Crippen LogP contribution in [0.3, 0.4) is 0 Å². The first-order valence-electron chi connectivity index (χ1n) is 10.5. The number of imidazole rings is 1. The number of esters is 1.